The number of hydrogen-bond donors (Lipinski definition) is 2. The van der Waals surface area contributed by atoms with Crippen LogP contribution in [0.4, 0.5) is 5.82 Å². The average molecular weight is 352 g/mol. The summed E-state index contributed by atoms with van der Waals surface area (Å²) in [6.45, 7) is 0.669. The predicted molar refractivity (Wildman–Crippen MR) is 98.6 cm³/mol. The smallest absolute Gasteiger partial charge is 0.335 e. The monoisotopic (exact) mass is 352 g/mol. The number of hydrogen-bond acceptors (Lipinski definition) is 6. The highest BCUT2D eigenvalue weighted by atomic mass is 16.5. The molecule has 0 unspecified atom stereocenters. The van der Waals surface area contributed by atoms with Crippen molar-refractivity contribution in [3.05, 3.63) is 35.8 Å². The second kappa shape index (κ2) is 6.84. The molecule has 134 valence electrons. The van der Waals surface area contributed by atoms with E-state index in [0.717, 1.165) is 47.8 Å². The van der Waals surface area contributed by atoms with Crippen LogP contribution in [0.3, 0.4) is 0 Å². The first-order valence-electron chi connectivity index (χ1n) is 8.74. The zero-order valence-corrected chi connectivity index (χ0v) is 14.5. The van der Waals surface area contributed by atoms with E-state index in [-0.39, 0.29) is 5.56 Å². The van der Waals surface area contributed by atoms with Gasteiger partial charge in [-0.25, -0.2) is 19.7 Å². The molecule has 1 aliphatic rings. The van der Waals surface area contributed by atoms with Crippen molar-refractivity contribution in [2.75, 3.05) is 19.0 Å². The Labute approximate surface area is 150 Å². The lowest BCUT2D eigenvalue weighted by Crippen LogP contribution is -2.07. The van der Waals surface area contributed by atoms with Crippen molar-refractivity contribution < 1.29 is 14.6 Å². The van der Waals surface area contributed by atoms with Gasteiger partial charge in [0.2, 0.25) is 0 Å². The molecule has 0 radical (unpaired) electrons. The van der Waals surface area contributed by atoms with Gasteiger partial charge in [-0.05, 0) is 31.4 Å². The molecular formula is C19H20N4O3. The maximum atomic E-state index is 11.3. The Balaban J connectivity index is 1.84. The summed E-state index contributed by atoms with van der Waals surface area (Å²) < 4.78 is 5.10. The van der Waals surface area contributed by atoms with Crippen molar-refractivity contribution in [2.24, 2.45) is 0 Å². The summed E-state index contributed by atoms with van der Waals surface area (Å²) in [6.07, 6.45) is 5.64. The van der Waals surface area contributed by atoms with Crippen molar-refractivity contribution in [3.63, 3.8) is 0 Å². The highest BCUT2D eigenvalue weighted by Crippen LogP contribution is 2.32. The van der Waals surface area contributed by atoms with Gasteiger partial charge in [-0.1, -0.05) is 6.07 Å². The van der Waals surface area contributed by atoms with Crippen molar-refractivity contribution in [3.8, 4) is 0 Å². The Hall–Kier alpha value is -2.80. The number of aryl methyl sites for hydroxylation is 1. The number of nitrogens with one attached hydrogen (secondary N) is 1. The lowest BCUT2D eigenvalue weighted by atomic mass is 10.1. The molecule has 7 heteroatoms. The zero-order valence-electron chi connectivity index (χ0n) is 14.5. The first-order chi connectivity index (χ1) is 12.7. The molecule has 0 saturated heterocycles. The Morgan fingerprint density at radius 2 is 2.15 bits per heavy atom. The van der Waals surface area contributed by atoms with E-state index in [1.54, 1.807) is 25.3 Å². The number of ether oxygens (including phenoxy) is 1. The Morgan fingerprint density at radius 3 is 2.88 bits per heavy atom. The first-order valence-corrected chi connectivity index (χ1v) is 8.74. The first kappa shape index (κ1) is 16.7. The summed E-state index contributed by atoms with van der Waals surface area (Å²) in [5.74, 6) is 0.500. The molecule has 0 amide bonds. The summed E-state index contributed by atoms with van der Waals surface area (Å²) in [4.78, 5) is 25.2. The van der Waals surface area contributed by atoms with Gasteiger partial charge in [-0.3, -0.25) is 0 Å². The fraction of sp³-hybridized carbons (Fsp3) is 0.368. The summed E-state index contributed by atoms with van der Waals surface area (Å²) in [5, 5.41) is 14.4. The Morgan fingerprint density at radius 1 is 1.31 bits per heavy atom. The van der Waals surface area contributed by atoms with E-state index in [0.29, 0.717) is 24.0 Å². The second-order valence-corrected chi connectivity index (χ2v) is 6.56. The number of methoxy groups -OCH3 is 1. The fourth-order valence-corrected chi connectivity index (χ4v) is 2.97. The molecule has 1 fully saturated rings. The van der Waals surface area contributed by atoms with Crippen LogP contribution in [0, 0.1) is 0 Å². The normalized spacial score (nSPS) is 14.0. The summed E-state index contributed by atoms with van der Waals surface area (Å²) >= 11 is 0. The minimum Gasteiger partial charge on any atom is -0.478 e. The minimum atomic E-state index is -0.963. The number of aromatic nitrogens is 3. The van der Waals surface area contributed by atoms with Crippen LogP contribution in [0.2, 0.25) is 0 Å². The fourth-order valence-electron chi connectivity index (χ4n) is 2.97. The molecular weight excluding hydrogens is 332 g/mol. The van der Waals surface area contributed by atoms with Gasteiger partial charge >= 0.3 is 5.97 Å². The quantitative estimate of drug-likeness (QED) is 0.498. The molecule has 2 aromatic heterocycles. The predicted octanol–water partition coefficient (Wildman–Crippen LogP) is 3.03. The molecule has 2 N–H and O–H groups in total. The van der Waals surface area contributed by atoms with E-state index in [1.807, 2.05) is 6.20 Å². The number of aromatic carboxylic acids is 1. The Kier molecular flexibility index (Phi) is 4.38. The zero-order chi connectivity index (χ0) is 18.1. The van der Waals surface area contributed by atoms with Crippen LogP contribution < -0.4 is 5.32 Å². The van der Waals surface area contributed by atoms with Crippen LogP contribution in [0.5, 0.6) is 0 Å². The van der Waals surface area contributed by atoms with Gasteiger partial charge in [0.05, 0.1) is 11.1 Å². The number of anilines is 1. The van der Waals surface area contributed by atoms with E-state index in [1.165, 1.54) is 0 Å². The van der Waals surface area contributed by atoms with Crippen LogP contribution in [0.15, 0.2) is 24.4 Å². The number of benzene rings is 1. The maximum absolute atomic E-state index is 11.3. The standard InChI is InChI=1S/C19H20N4O3/c1-26-8-2-3-16-20-10-14-13-7-4-11(19(24)25)9-15(13)22-18(17(14)23-16)21-12-5-6-12/h4,7,9-10,12H,2-3,5-6,8H2,1H3,(H,21,22)(H,24,25). The molecule has 26 heavy (non-hydrogen) atoms. The van der Waals surface area contributed by atoms with Crippen molar-refractivity contribution in [2.45, 2.75) is 31.7 Å². The van der Waals surface area contributed by atoms with Crippen LogP contribution >= 0.6 is 0 Å². The van der Waals surface area contributed by atoms with Crippen LogP contribution in [0.1, 0.15) is 35.4 Å². The van der Waals surface area contributed by atoms with Gasteiger partial charge in [-0.2, -0.15) is 0 Å². The van der Waals surface area contributed by atoms with Gasteiger partial charge < -0.3 is 15.2 Å². The number of pyridine rings is 1. The largest absolute Gasteiger partial charge is 0.478 e. The van der Waals surface area contributed by atoms with E-state index < -0.39 is 5.97 Å². The van der Waals surface area contributed by atoms with Crippen LogP contribution in [-0.4, -0.2) is 45.8 Å². The third kappa shape index (κ3) is 3.30. The third-order valence-electron chi connectivity index (χ3n) is 4.50. The van der Waals surface area contributed by atoms with Crippen molar-refractivity contribution in [1.29, 1.82) is 0 Å². The summed E-state index contributed by atoms with van der Waals surface area (Å²) in [7, 11) is 1.68. The van der Waals surface area contributed by atoms with E-state index in [4.69, 9.17) is 9.72 Å². The molecule has 7 nitrogen and oxygen atoms in total. The molecule has 3 aromatic rings. The molecule has 1 saturated carbocycles. The van der Waals surface area contributed by atoms with E-state index in [9.17, 15) is 9.90 Å². The molecule has 1 aromatic carbocycles. The molecule has 4 rings (SSSR count). The lowest BCUT2D eigenvalue weighted by molar-refractivity contribution is 0.0697. The molecule has 0 aliphatic heterocycles. The van der Waals surface area contributed by atoms with E-state index in [2.05, 4.69) is 15.3 Å². The lowest BCUT2D eigenvalue weighted by Gasteiger charge is -2.11. The van der Waals surface area contributed by atoms with Crippen LogP contribution in [0.25, 0.3) is 21.8 Å². The Bertz CT molecular complexity index is 985. The van der Waals surface area contributed by atoms with E-state index >= 15 is 0 Å². The molecule has 0 spiro atoms. The van der Waals surface area contributed by atoms with Gasteiger partial charge in [0.1, 0.15) is 11.3 Å². The highest BCUT2D eigenvalue weighted by Gasteiger charge is 2.23. The number of carboxylic acid groups (broad SMARTS) is 1. The summed E-state index contributed by atoms with van der Waals surface area (Å²) in [6, 6.07) is 5.38. The number of carboxylic acids is 1. The molecule has 0 atom stereocenters. The number of rotatable bonds is 7. The average Bonchev–Trinajstić information content (AvgIpc) is 3.45. The highest BCUT2D eigenvalue weighted by molar-refractivity contribution is 6.09. The maximum Gasteiger partial charge on any atom is 0.335 e. The van der Waals surface area contributed by atoms with Crippen molar-refractivity contribution in [1.82, 2.24) is 15.0 Å². The molecule has 1 aliphatic carbocycles. The molecule has 0 bridgehead atoms. The SMILES string of the molecule is COCCCc1ncc2c(n1)c(NC1CC1)nc1cc(C(=O)O)ccc12. The topological polar surface area (TPSA) is 97.2 Å². The third-order valence-corrected chi connectivity index (χ3v) is 4.50. The summed E-state index contributed by atoms with van der Waals surface area (Å²) in [5.41, 5.74) is 1.64. The van der Waals surface area contributed by atoms with Crippen LogP contribution in [-0.2, 0) is 11.2 Å². The minimum absolute atomic E-state index is 0.221. The van der Waals surface area contributed by atoms with Crippen molar-refractivity contribution >= 4 is 33.6 Å². The number of nitrogens with zero attached hydrogens (tertiary/aromatic N) is 3. The number of carbonyl (C=O) groups is 1. The van der Waals surface area contributed by atoms with Gasteiger partial charge in [0.15, 0.2) is 5.82 Å². The van der Waals surface area contributed by atoms with Gasteiger partial charge in [0, 0.05) is 43.1 Å². The number of fused-ring (bicyclic) bond motifs is 3. The van der Waals surface area contributed by atoms with Gasteiger partial charge in [-0.15, -0.1) is 0 Å². The molecule has 2 heterocycles. The second-order valence-electron chi connectivity index (χ2n) is 6.56. The van der Waals surface area contributed by atoms with Gasteiger partial charge in [0.25, 0.3) is 0 Å².